The van der Waals surface area contributed by atoms with E-state index in [1.807, 2.05) is 0 Å². The molecule has 0 heterocycles. The number of hydrogen-bond donors (Lipinski definition) is 2. The normalized spacial score (nSPS) is 12.7. The molecule has 0 aliphatic carbocycles. The second-order valence-corrected chi connectivity index (χ2v) is 11.6. The molecule has 2 N–H and O–H groups in total. The Hall–Kier alpha value is -1.84. The second kappa shape index (κ2) is 31.7. The van der Waals surface area contributed by atoms with Crippen molar-refractivity contribution in [3.63, 3.8) is 0 Å². The van der Waals surface area contributed by atoms with E-state index in [1.54, 1.807) is 0 Å². The number of carboxylic acid groups (broad SMARTS) is 2. The number of rotatable bonds is 31. The second-order valence-electron chi connectivity index (χ2n) is 11.6. The van der Waals surface area contributed by atoms with Crippen LogP contribution in [0.1, 0.15) is 174 Å². The third kappa shape index (κ3) is 30.7. The SMILES string of the molecule is CCCCCCCCC=CCCCCCCC(CCCCCC=CCC=CCCCCCCCC(=O)O)C(=O)O. The molecule has 0 bridgehead atoms. The van der Waals surface area contributed by atoms with Gasteiger partial charge in [-0.25, -0.2) is 0 Å². The van der Waals surface area contributed by atoms with Crippen molar-refractivity contribution in [3.05, 3.63) is 36.5 Å². The van der Waals surface area contributed by atoms with Gasteiger partial charge in [-0.1, -0.05) is 127 Å². The van der Waals surface area contributed by atoms with Gasteiger partial charge in [-0.05, 0) is 77.0 Å². The molecule has 0 amide bonds. The highest BCUT2D eigenvalue weighted by atomic mass is 16.4. The van der Waals surface area contributed by atoms with Crippen LogP contribution in [0.25, 0.3) is 0 Å². The van der Waals surface area contributed by atoms with Crippen LogP contribution in [-0.2, 0) is 9.59 Å². The van der Waals surface area contributed by atoms with Gasteiger partial charge in [0.2, 0.25) is 0 Å². The first-order valence-electron chi connectivity index (χ1n) is 17.0. The van der Waals surface area contributed by atoms with Crippen LogP contribution < -0.4 is 0 Å². The molecule has 0 aromatic heterocycles. The molecule has 1 atom stereocenters. The van der Waals surface area contributed by atoms with Crippen molar-refractivity contribution in [2.24, 2.45) is 5.92 Å². The van der Waals surface area contributed by atoms with E-state index in [4.69, 9.17) is 5.11 Å². The Morgan fingerprint density at radius 1 is 0.500 bits per heavy atom. The number of unbranched alkanes of at least 4 members (excludes halogenated alkanes) is 18. The van der Waals surface area contributed by atoms with Gasteiger partial charge >= 0.3 is 11.9 Å². The third-order valence-electron chi connectivity index (χ3n) is 7.70. The van der Waals surface area contributed by atoms with Crippen molar-refractivity contribution in [2.75, 3.05) is 0 Å². The molecule has 40 heavy (non-hydrogen) atoms. The Balaban J connectivity index is 3.56. The van der Waals surface area contributed by atoms with E-state index in [2.05, 4.69) is 43.4 Å². The van der Waals surface area contributed by atoms with E-state index >= 15 is 0 Å². The van der Waals surface area contributed by atoms with E-state index in [1.165, 1.54) is 77.0 Å². The van der Waals surface area contributed by atoms with Gasteiger partial charge in [-0.2, -0.15) is 0 Å². The molecule has 0 aliphatic rings. The minimum atomic E-state index is -0.688. The van der Waals surface area contributed by atoms with Crippen LogP contribution >= 0.6 is 0 Å². The van der Waals surface area contributed by atoms with Crippen molar-refractivity contribution in [3.8, 4) is 0 Å². The summed E-state index contributed by atoms with van der Waals surface area (Å²) in [4.78, 5) is 22.1. The number of carbonyl (C=O) groups is 2. The molecule has 0 saturated heterocycles. The van der Waals surface area contributed by atoms with Gasteiger partial charge in [0.15, 0.2) is 0 Å². The maximum Gasteiger partial charge on any atom is 0.306 e. The largest absolute Gasteiger partial charge is 0.481 e. The summed E-state index contributed by atoms with van der Waals surface area (Å²) in [5.74, 6) is -1.46. The molecule has 4 heteroatoms. The van der Waals surface area contributed by atoms with Gasteiger partial charge in [0, 0.05) is 6.42 Å². The first-order chi connectivity index (χ1) is 19.6. The highest BCUT2D eigenvalue weighted by Crippen LogP contribution is 2.19. The molecule has 0 aromatic carbocycles. The summed E-state index contributed by atoms with van der Waals surface area (Å²) in [5, 5.41) is 18.2. The van der Waals surface area contributed by atoms with Crippen molar-refractivity contribution in [2.45, 2.75) is 174 Å². The summed E-state index contributed by atoms with van der Waals surface area (Å²) in [6.45, 7) is 2.26. The monoisotopic (exact) mass is 560 g/mol. The molecule has 0 rings (SSSR count). The van der Waals surface area contributed by atoms with Crippen LogP contribution in [0, 0.1) is 5.92 Å². The van der Waals surface area contributed by atoms with Gasteiger partial charge in [0.05, 0.1) is 5.92 Å². The molecule has 0 fully saturated rings. The van der Waals surface area contributed by atoms with Gasteiger partial charge < -0.3 is 10.2 Å². The lowest BCUT2D eigenvalue weighted by Gasteiger charge is -2.11. The Kier molecular flexibility index (Phi) is 30.2. The topological polar surface area (TPSA) is 74.6 Å². The standard InChI is InChI=1S/C36H64O4/c1-2-3-4-5-6-7-8-9-13-16-19-22-25-28-31-34(36(39)40)32-29-26-23-20-17-14-11-10-12-15-18-21-24-27-30-33-35(37)38/h9-10,12-14,17,34H,2-8,11,15-16,18-33H2,1H3,(H,37,38)(H,39,40). The number of hydrogen-bond acceptors (Lipinski definition) is 2. The Morgan fingerprint density at radius 3 is 1.32 bits per heavy atom. The van der Waals surface area contributed by atoms with Crippen LogP contribution in [0.5, 0.6) is 0 Å². The molecular formula is C36H64O4. The highest BCUT2D eigenvalue weighted by molar-refractivity contribution is 5.69. The van der Waals surface area contributed by atoms with Gasteiger partial charge in [0.1, 0.15) is 0 Å². The molecule has 0 aromatic rings. The van der Waals surface area contributed by atoms with Crippen molar-refractivity contribution in [1.29, 1.82) is 0 Å². The Morgan fingerprint density at radius 2 is 0.875 bits per heavy atom. The predicted molar refractivity (Wildman–Crippen MR) is 172 cm³/mol. The lowest BCUT2D eigenvalue weighted by atomic mass is 9.94. The van der Waals surface area contributed by atoms with E-state index in [9.17, 15) is 14.7 Å². The van der Waals surface area contributed by atoms with E-state index in [0.29, 0.717) is 6.42 Å². The number of carboxylic acids is 2. The maximum absolute atomic E-state index is 11.6. The maximum atomic E-state index is 11.6. The molecule has 4 nitrogen and oxygen atoms in total. The molecule has 0 saturated carbocycles. The first kappa shape index (κ1) is 38.2. The Bertz CT molecular complexity index is 649. The molecular weight excluding hydrogens is 496 g/mol. The summed E-state index contributed by atoms with van der Waals surface area (Å²) in [6, 6.07) is 0. The molecule has 232 valence electrons. The summed E-state index contributed by atoms with van der Waals surface area (Å²) in [6.07, 6.45) is 42.6. The fourth-order valence-electron chi connectivity index (χ4n) is 5.08. The summed E-state index contributed by atoms with van der Waals surface area (Å²) >= 11 is 0. The zero-order valence-electron chi connectivity index (χ0n) is 26.1. The first-order valence-corrected chi connectivity index (χ1v) is 17.0. The summed E-state index contributed by atoms with van der Waals surface area (Å²) in [5.41, 5.74) is 0. The average molecular weight is 561 g/mol. The van der Waals surface area contributed by atoms with Crippen LogP contribution in [0.2, 0.25) is 0 Å². The number of aliphatic carboxylic acids is 2. The zero-order chi connectivity index (χ0) is 29.4. The van der Waals surface area contributed by atoms with E-state index < -0.39 is 11.9 Å². The molecule has 0 aliphatic heterocycles. The van der Waals surface area contributed by atoms with Crippen molar-refractivity contribution < 1.29 is 19.8 Å². The Labute approximate surface area is 247 Å². The summed E-state index contributed by atoms with van der Waals surface area (Å²) < 4.78 is 0. The molecule has 0 radical (unpaired) electrons. The predicted octanol–water partition coefficient (Wildman–Crippen LogP) is 11.6. The fraction of sp³-hybridized carbons (Fsp3) is 0.778. The number of allylic oxidation sites excluding steroid dienone is 6. The molecule has 1 unspecified atom stereocenters. The van der Waals surface area contributed by atoms with Gasteiger partial charge in [-0.3, -0.25) is 9.59 Å². The fourth-order valence-corrected chi connectivity index (χ4v) is 5.08. The highest BCUT2D eigenvalue weighted by Gasteiger charge is 2.16. The van der Waals surface area contributed by atoms with Crippen LogP contribution in [0.4, 0.5) is 0 Å². The quantitative estimate of drug-likeness (QED) is 0.0653. The van der Waals surface area contributed by atoms with E-state index in [0.717, 1.165) is 83.5 Å². The molecule has 0 spiro atoms. The zero-order valence-corrected chi connectivity index (χ0v) is 26.1. The van der Waals surface area contributed by atoms with E-state index in [-0.39, 0.29) is 5.92 Å². The average Bonchev–Trinajstić information content (AvgIpc) is 2.93. The van der Waals surface area contributed by atoms with Crippen LogP contribution in [0.15, 0.2) is 36.5 Å². The van der Waals surface area contributed by atoms with Crippen molar-refractivity contribution in [1.82, 2.24) is 0 Å². The summed E-state index contributed by atoms with van der Waals surface area (Å²) in [7, 11) is 0. The van der Waals surface area contributed by atoms with Crippen molar-refractivity contribution >= 4 is 11.9 Å². The van der Waals surface area contributed by atoms with Gasteiger partial charge in [-0.15, -0.1) is 0 Å². The minimum Gasteiger partial charge on any atom is -0.481 e. The van der Waals surface area contributed by atoms with Gasteiger partial charge in [0.25, 0.3) is 0 Å². The van der Waals surface area contributed by atoms with Crippen LogP contribution in [0.3, 0.4) is 0 Å². The lowest BCUT2D eigenvalue weighted by molar-refractivity contribution is -0.142. The van der Waals surface area contributed by atoms with Crippen LogP contribution in [-0.4, -0.2) is 22.2 Å². The third-order valence-corrected chi connectivity index (χ3v) is 7.70. The minimum absolute atomic E-state index is 0.164. The lowest BCUT2D eigenvalue weighted by Crippen LogP contribution is -2.13. The smallest absolute Gasteiger partial charge is 0.306 e.